The molecular formula is C10H14N2O. The van der Waals surface area contributed by atoms with Crippen molar-refractivity contribution < 1.29 is 5.11 Å². The van der Waals surface area contributed by atoms with Gasteiger partial charge in [-0.25, -0.2) is 0 Å². The zero-order chi connectivity index (χ0) is 9.42. The molecule has 70 valence electrons. The number of benzene rings is 1. The molecule has 0 amide bonds. The lowest BCUT2D eigenvalue weighted by molar-refractivity contribution is 0.475. The van der Waals surface area contributed by atoms with Gasteiger partial charge in [0.05, 0.1) is 0 Å². The number of hydrogen-bond acceptors (Lipinski definition) is 3. The van der Waals surface area contributed by atoms with Crippen molar-refractivity contribution in [1.82, 2.24) is 0 Å². The van der Waals surface area contributed by atoms with Crippen LogP contribution in [0.25, 0.3) is 0 Å². The Labute approximate surface area is 77.8 Å². The quantitative estimate of drug-likeness (QED) is 0.666. The van der Waals surface area contributed by atoms with Crippen molar-refractivity contribution in [3.05, 3.63) is 23.8 Å². The van der Waals surface area contributed by atoms with Crippen LogP contribution in [-0.4, -0.2) is 24.7 Å². The number of phenolic OH excluding ortho intramolecular Hbond substituents is 1. The lowest BCUT2D eigenvalue weighted by Gasteiger charge is -2.20. The minimum atomic E-state index is 0.322. The van der Waals surface area contributed by atoms with Gasteiger partial charge in [0.25, 0.3) is 0 Å². The summed E-state index contributed by atoms with van der Waals surface area (Å²) < 4.78 is 0. The van der Waals surface area contributed by atoms with Crippen molar-refractivity contribution in [2.45, 2.75) is 12.5 Å². The van der Waals surface area contributed by atoms with Crippen molar-refractivity contribution in [2.24, 2.45) is 5.73 Å². The van der Waals surface area contributed by atoms with Crippen LogP contribution < -0.4 is 10.6 Å². The van der Waals surface area contributed by atoms with Crippen LogP contribution in [0.5, 0.6) is 5.75 Å². The highest BCUT2D eigenvalue weighted by Crippen LogP contribution is 2.32. The Morgan fingerprint density at radius 3 is 3.08 bits per heavy atom. The van der Waals surface area contributed by atoms with Crippen molar-refractivity contribution >= 4 is 5.69 Å². The van der Waals surface area contributed by atoms with Crippen LogP contribution in [0.2, 0.25) is 0 Å². The number of likely N-dealkylation sites (N-methyl/N-ethyl adjacent to an activating group) is 1. The summed E-state index contributed by atoms with van der Waals surface area (Å²) in [6, 6.07) is 5.88. The first kappa shape index (κ1) is 8.38. The van der Waals surface area contributed by atoms with Crippen LogP contribution in [-0.2, 0) is 6.42 Å². The number of hydrogen-bond donors (Lipinski definition) is 2. The molecule has 3 nitrogen and oxygen atoms in total. The van der Waals surface area contributed by atoms with Gasteiger partial charge in [-0.1, -0.05) is 6.07 Å². The summed E-state index contributed by atoms with van der Waals surface area (Å²) in [5.74, 6) is 0.322. The molecule has 2 rings (SSSR count). The molecule has 0 fully saturated rings. The molecule has 1 atom stereocenters. The highest BCUT2D eigenvalue weighted by atomic mass is 16.3. The van der Waals surface area contributed by atoms with E-state index >= 15 is 0 Å². The number of aromatic hydroxyl groups is 1. The Morgan fingerprint density at radius 2 is 2.38 bits per heavy atom. The lowest BCUT2D eigenvalue weighted by atomic mass is 10.1. The van der Waals surface area contributed by atoms with Gasteiger partial charge in [-0.15, -0.1) is 0 Å². The fourth-order valence-corrected chi connectivity index (χ4v) is 1.88. The van der Waals surface area contributed by atoms with E-state index in [0.29, 0.717) is 18.3 Å². The molecule has 0 spiro atoms. The van der Waals surface area contributed by atoms with Crippen molar-refractivity contribution in [3.8, 4) is 5.75 Å². The highest BCUT2D eigenvalue weighted by Gasteiger charge is 2.24. The highest BCUT2D eigenvalue weighted by molar-refractivity contribution is 5.61. The largest absolute Gasteiger partial charge is 0.508 e. The zero-order valence-corrected chi connectivity index (χ0v) is 7.70. The van der Waals surface area contributed by atoms with E-state index in [0.717, 1.165) is 12.1 Å². The molecule has 1 aliphatic rings. The number of rotatable bonds is 1. The fraction of sp³-hybridized carbons (Fsp3) is 0.400. The molecule has 1 aromatic rings. The van der Waals surface area contributed by atoms with Gasteiger partial charge in [-0.3, -0.25) is 0 Å². The average Bonchev–Trinajstić information content (AvgIpc) is 2.44. The van der Waals surface area contributed by atoms with Crippen molar-refractivity contribution in [1.29, 1.82) is 0 Å². The van der Waals surface area contributed by atoms with E-state index in [1.54, 1.807) is 12.1 Å². The van der Waals surface area contributed by atoms with Crippen molar-refractivity contribution in [2.75, 3.05) is 18.5 Å². The Morgan fingerprint density at radius 1 is 1.62 bits per heavy atom. The van der Waals surface area contributed by atoms with Crippen LogP contribution in [0, 0.1) is 0 Å². The molecule has 0 aromatic heterocycles. The summed E-state index contributed by atoms with van der Waals surface area (Å²) in [7, 11) is 2.02. The maximum atomic E-state index is 9.32. The van der Waals surface area contributed by atoms with Crippen LogP contribution in [0.15, 0.2) is 18.2 Å². The second-order valence-corrected chi connectivity index (χ2v) is 3.52. The second-order valence-electron chi connectivity index (χ2n) is 3.52. The molecule has 0 aliphatic carbocycles. The molecule has 0 saturated heterocycles. The van der Waals surface area contributed by atoms with Gasteiger partial charge in [0, 0.05) is 31.4 Å². The number of nitrogens with zero attached hydrogens (tertiary/aromatic N) is 1. The van der Waals surface area contributed by atoms with Crippen LogP contribution in [0.4, 0.5) is 5.69 Å². The maximum absolute atomic E-state index is 9.32. The standard InChI is InChI=1S/C10H14N2O/c1-12-8(6-11)4-7-2-3-9(13)5-10(7)12/h2-3,5,8,13H,4,6,11H2,1H3/t8-/m0/s1. The van der Waals surface area contributed by atoms with Gasteiger partial charge >= 0.3 is 0 Å². The first-order valence-corrected chi connectivity index (χ1v) is 4.47. The zero-order valence-electron chi connectivity index (χ0n) is 7.70. The van der Waals surface area contributed by atoms with E-state index in [-0.39, 0.29) is 0 Å². The van der Waals surface area contributed by atoms with E-state index in [4.69, 9.17) is 5.73 Å². The first-order chi connectivity index (χ1) is 6.22. The molecule has 3 N–H and O–H groups in total. The van der Waals surface area contributed by atoms with Gasteiger partial charge in [0.2, 0.25) is 0 Å². The van der Waals surface area contributed by atoms with Gasteiger partial charge in [0.1, 0.15) is 5.75 Å². The average molecular weight is 178 g/mol. The molecule has 13 heavy (non-hydrogen) atoms. The number of anilines is 1. The summed E-state index contributed by atoms with van der Waals surface area (Å²) in [5, 5.41) is 9.32. The Bertz CT molecular complexity index is 325. The van der Waals surface area contributed by atoms with E-state index in [9.17, 15) is 5.11 Å². The van der Waals surface area contributed by atoms with E-state index < -0.39 is 0 Å². The molecule has 0 saturated carbocycles. The number of phenols is 1. The smallest absolute Gasteiger partial charge is 0.117 e. The van der Waals surface area contributed by atoms with Gasteiger partial charge in [-0.2, -0.15) is 0 Å². The van der Waals surface area contributed by atoms with Crippen LogP contribution in [0.1, 0.15) is 5.56 Å². The van der Waals surface area contributed by atoms with Gasteiger partial charge < -0.3 is 15.7 Å². The number of fused-ring (bicyclic) bond motifs is 1. The summed E-state index contributed by atoms with van der Waals surface area (Å²) in [5.41, 5.74) is 8.02. The molecule has 3 heteroatoms. The molecule has 1 aromatic carbocycles. The third-order valence-electron chi connectivity index (χ3n) is 2.72. The summed E-state index contributed by atoms with van der Waals surface area (Å²) >= 11 is 0. The Balaban J connectivity index is 2.39. The molecule has 0 unspecified atom stereocenters. The van der Waals surface area contributed by atoms with Crippen LogP contribution in [0.3, 0.4) is 0 Å². The summed E-state index contributed by atoms with van der Waals surface area (Å²) in [4.78, 5) is 2.13. The minimum Gasteiger partial charge on any atom is -0.508 e. The predicted octanol–water partition coefficient (Wildman–Crippen LogP) is 0.712. The summed E-state index contributed by atoms with van der Waals surface area (Å²) in [6.45, 7) is 0.659. The second kappa shape index (κ2) is 2.92. The van der Waals surface area contributed by atoms with E-state index in [2.05, 4.69) is 4.90 Å². The molecule has 0 radical (unpaired) electrons. The lowest BCUT2D eigenvalue weighted by Crippen LogP contribution is -2.34. The van der Waals surface area contributed by atoms with E-state index in [1.807, 2.05) is 13.1 Å². The molecule has 0 bridgehead atoms. The fourth-order valence-electron chi connectivity index (χ4n) is 1.88. The topological polar surface area (TPSA) is 49.5 Å². The predicted molar refractivity (Wildman–Crippen MR) is 53.1 cm³/mol. The minimum absolute atomic E-state index is 0.322. The van der Waals surface area contributed by atoms with Gasteiger partial charge in [0.15, 0.2) is 0 Å². The molecular weight excluding hydrogens is 164 g/mol. The maximum Gasteiger partial charge on any atom is 0.117 e. The molecule has 1 heterocycles. The Hall–Kier alpha value is -1.22. The summed E-state index contributed by atoms with van der Waals surface area (Å²) in [6.07, 6.45) is 0.989. The van der Waals surface area contributed by atoms with Crippen molar-refractivity contribution in [3.63, 3.8) is 0 Å². The SMILES string of the molecule is CN1c2cc(O)ccc2C[C@H]1CN. The third-order valence-corrected chi connectivity index (χ3v) is 2.72. The monoisotopic (exact) mass is 178 g/mol. The van der Waals surface area contributed by atoms with Crippen LogP contribution >= 0.6 is 0 Å². The molecule has 1 aliphatic heterocycles. The van der Waals surface area contributed by atoms with Gasteiger partial charge in [-0.05, 0) is 18.1 Å². The normalized spacial score (nSPS) is 20.5. The number of nitrogens with two attached hydrogens (primary N) is 1. The van der Waals surface area contributed by atoms with E-state index in [1.165, 1.54) is 5.56 Å². The Kier molecular flexibility index (Phi) is 1.88. The first-order valence-electron chi connectivity index (χ1n) is 4.47. The third kappa shape index (κ3) is 1.25.